The molecule has 0 heterocycles. The highest BCUT2D eigenvalue weighted by atomic mass is 14.6. The molecule has 4 N–H and O–H groups in total. The topological polar surface area (TPSA) is 52.0 Å². The van der Waals surface area contributed by atoms with Crippen molar-refractivity contribution in [2.75, 3.05) is 6.54 Å². The molecule has 0 radical (unpaired) electrons. The zero-order chi connectivity index (χ0) is 11.5. The van der Waals surface area contributed by atoms with E-state index in [0.717, 1.165) is 13.0 Å². The maximum Gasteiger partial charge on any atom is 0.0297 e. The van der Waals surface area contributed by atoms with E-state index in [1.165, 1.54) is 36.0 Å². The van der Waals surface area contributed by atoms with Crippen molar-refractivity contribution in [3.8, 4) is 0 Å². The zero-order valence-electron chi connectivity index (χ0n) is 10.1. The Morgan fingerprint density at radius 2 is 2.00 bits per heavy atom. The van der Waals surface area contributed by atoms with Crippen LogP contribution in [0.1, 0.15) is 42.5 Å². The molecule has 1 aliphatic carbocycles. The van der Waals surface area contributed by atoms with Crippen LogP contribution in [0.25, 0.3) is 0 Å². The van der Waals surface area contributed by atoms with Crippen LogP contribution >= 0.6 is 0 Å². The Morgan fingerprint density at radius 3 is 2.75 bits per heavy atom. The summed E-state index contributed by atoms with van der Waals surface area (Å²) in [5.41, 5.74) is 16.1. The van der Waals surface area contributed by atoms with Crippen LogP contribution in [0.4, 0.5) is 0 Å². The fourth-order valence-electron chi connectivity index (χ4n) is 2.49. The van der Waals surface area contributed by atoms with Crippen molar-refractivity contribution in [1.29, 1.82) is 0 Å². The Morgan fingerprint density at radius 1 is 1.25 bits per heavy atom. The number of hydrogen-bond donors (Lipinski definition) is 2. The Balaban J connectivity index is 2.09. The summed E-state index contributed by atoms with van der Waals surface area (Å²) in [6.45, 7) is 2.88. The minimum Gasteiger partial charge on any atom is -0.330 e. The summed E-state index contributed by atoms with van der Waals surface area (Å²) in [5, 5.41) is 0. The van der Waals surface area contributed by atoms with Gasteiger partial charge in [0.1, 0.15) is 0 Å². The first kappa shape index (κ1) is 11.6. The number of fused-ring (bicyclic) bond motifs is 1. The molecule has 2 atom stereocenters. The fourth-order valence-corrected chi connectivity index (χ4v) is 2.49. The van der Waals surface area contributed by atoms with Crippen LogP contribution in [0.5, 0.6) is 0 Å². The van der Waals surface area contributed by atoms with Gasteiger partial charge in [0.25, 0.3) is 0 Å². The molecule has 1 aromatic rings. The van der Waals surface area contributed by atoms with E-state index in [1.54, 1.807) is 0 Å². The molecule has 0 saturated carbocycles. The summed E-state index contributed by atoms with van der Waals surface area (Å²) < 4.78 is 0. The van der Waals surface area contributed by atoms with Gasteiger partial charge in [0, 0.05) is 6.04 Å². The summed E-state index contributed by atoms with van der Waals surface area (Å²) in [4.78, 5) is 0. The van der Waals surface area contributed by atoms with Gasteiger partial charge in [0.05, 0.1) is 0 Å². The van der Waals surface area contributed by atoms with E-state index in [1.807, 2.05) is 0 Å². The molecule has 2 nitrogen and oxygen atoms in total. The molecule has 0 bridgehead atoms. The van der Waals surface area contributed by atoms with Gasteiger partial charge in [-0.25, -0.2) is 0 Å². The van der Waals surface area contributed by atoms with Gasteiger partial charge in [-0.15, -0.1) is 0 Å². The molecule has 0 amide bonds. The van der Waals surface area contributed by atoms with E-state index < -0.39 is 0 Å². The van der Waals surface area contributed by atoms with E-state index >= 15 is 0 Å². The van der Waals surface area contributed by atoms with E-state index in [0.29, 0.717) is 5.92 Å². The summed E-state index contributed by atoms with van der Waals surface area (Å²) in [5.74, 6) is 0.503. The predicted octanol–water partition coefficient (Wildman–Crippen LogP) is 2.16. The fraction of sp³-hybridized carbons (Fsp3) is 0.571. The second kappa shape index (κ2) is 4.98. The smallest absolute Gasteiger partial charge is 0.0297 e. The minimum absolute atomic E-state index is 0.143. The van der Waals surface area contributed by atoms with Crippen molar-refractivity contribution in [1.82, 2.24) is 0 Å². The summed E-state index contributed by atoms with van der Waals surface area (Å²) >= 11 is 0. The number of hydrogen-bond acceptors (Lipinski definition) is 2. The van der Waals surface area contributed by atoms with Gasteiger partial charge in [0.15, 0.2) is 0 Å². The van der Waals surface area contributed by atoms with Gasteiger partial charge in [-0.05, 0) is 54.8 Å². The van der Waals surface area contributed by atoms with Crippen molar-refractivity contribution in [2.24, 2.45) is 17.4 Å². The van der Waals surface area contributed by atoms with Gasteiger partial charge in [-0.1, -0.05) is 25.1 Å². The van der Waals surface area contributed by atoms with Gasteiger partial charge >= 0.3 is 0 Å². The predicted molar refractivity (Wildman–Crippen MR) is 68.2 cm³/mol. The number of benzene rings is 1. The molecule has 0 saturated heterocycles. The lowest BCUT2D eigenvalue weighted by molar-refractivity contribution is 0.482. The zero-order valence-corrected chi connectivity index (χ0v) is 10.1. The van der Waals surface area contributed by atoms with Crippen LogP contribution in [0.15, 0.2) is 18.2 Å². The lowest BCUT2D eigenvalue weighted by atomic mass is 9.94. The van der Waals surface area contributed by atoms with E-state index in [9.17, 15) is 0 Å². The first-order valence-corrected chi connectivity index (χ1v) is 6.28. The van der Waals surface area contributed by atoms with Crippen molar-refractivity contribution < 1.29 is 0 Å². The Kier molecular flexibility index (Phi) is 3.62. The number of nitrogens with two attached hydrogens (primary N) is 2. The van der Waals surface area contributed by atoms with Crippen LogP contribution < -0.4 is 11.5 Å². The molecule has 0 aliphatic heterocycles. The highest BCUT2D eigenvalue weighted by Crippen LogP contribution is 2.26. The molecular formula is C14H22N2. The molecular weight excluding hydrogens is 196 g/mol. The number of aryl methyl sites for hydroxylation is 2. The summed E-state index contributed by atoms with van der Waals surface area (Å²) in [6.07, 6.45) is 4.74. The lowest BCUT2D eigenvalue weighted by Gasteiger charge is -2.17. The summed E-state index contributed by atoms with van der Waals surface area (Å²) in [7, 11) is 0. The highest BCUT2D eigenvalue weighted by molar-refractivity contribution is 5.36. The van der Waals surface area contributed by atoms with Crippen LogP contribution in [0.3, 0.4) is 0 Å². The molecule has 88 valence electrons. The van der Waals surface area contributed by atoms with Crippen molar-refractivity contribution >= 4 is 0 Å². The van der Waals surface area contributed by atoms with Gasteiger partial charge in [-0.3, -0.25) is 0 Å². The van der Waals surface area contributed by atoms with Crippen molar-refractivity contribution in [2.45, 2.75) is 38.6 Å². The van der Waals surface area contributed by atoms with Gasteiger partial charge in [0.2, 0.25) is 0 Å². The molecule has 16 heavy (non-hydrogen) atoms. The normalized spacial score (nSPS) is 18.2. The molecule has 1 aromatic carbocycles. The third-order valence-corrected chi connectivity index (χ3v) is 3.61. The minimum atomic E-state index is 0.143. The van der Waals surface area contributed by atoms with Crippen LogP contribution in [0, 0.1) is 5.92 Å². The number of rotatable bonds is 4. The summed E-state index contributed by atoms with van der Waals surface area (Å²) in [6, 6.07) is 6.89. The second-order valence-electron chi connectivity index (χ2n) is 5.06. The quantitative estimate of drug-likeness (QED) is 0.813. The van der Waals surface area contributed by atoms with Crippen molar-refractivity contribution in [3.05, 3.63) is 34.9 Å². The van der Waals surface area contributed by atoms with Crippen LogP contribution in [-0.2, 0) is 12.8 Å². The molecule has 1 aliphatic rings. The second-order valence-corrected chi connectivity index (χ2v) is 5.06. The van der Waals surface area contributed by atoms with Crippen molar-refractivity contribution in [3.63, 3.8) is 0 Å². The Hall–Kier alpha value is -0.860. The molecule has 2 unspecified atom stereocenters. The maximum atomic E-state index is 6.21. The largest absolute Gasteiger partial charge is 0.330 e. The lowest BCUT2D eigenvalue weighted by Crippen LogP contribution is -2.19. The van der Waals surface area contributed by atoms with E-state index in [-0.39, 0.29) is 6.04 Å². The molecule has 0 fully saturated rings. The molecule has 2 heteroatoms. The standard InChI is InChI=1S/C14H22N2/c1-10(9-15)7-14(16)13-6-5-11-3-2-4-12(11)8-13/h5-6,8,10,14H,2-4,7,9,15-16H2,1H3. The van der Waals surface area contributed by atoms with E-state index in [4.69, 9.17) is 11.5 Å². The highest BCUT2D eigenvalue weighted by Gasteiger charge is 2.15. The van der Waals surface area contributed by atoms with Gasteiger partial charge in [-0.2, -0.15) is 0 Å². The van der Waals surface area contributed by atoms with Crippen LogP contribution in [-0.4, -0.2) is 6.54 Å². The SMILES string of the molecule is CC(CN)CC(N)c1ccc2c(c1)CCC2. The Bertz CT molecular complexity index is 360. The van der Waals surface area contributed by atoms with E-state index in [2.05, 4.69) is 25.1 Å². The third kappa shape index (κ3) is 2.45. The van der Waals surface area contributed by atoms with Crippen LogP contribution in [0.2, 0.25) is 0 Å². The molecule has 0 spiro atoms. The molecule has 0 aromatic heterocycles. The maximum absolute atomic E-state index is 6.21. The third-order valence-electron chi connectivity index (χ3n) is 3.61. The average Bonchev–Trinajstić information content (AvgIpc) is 2.75. The van der Waals surface area contributed by atoms with Gasteiger partial charge < -0.3 is 11.5 Å². The monoisotopic (exact) mass is 218 g/mol. The average molecular weight is 218 g/mol. The Labute approximate surface area is 98.0 Å². The molecule has 2 rings (SSSR count). The first-order valence-electron chi connectivity index (χ1n) is 6.28. The first-order chi connectivity index (χ1) is 7.70.